The predicted octanol–water partition coefficient (Wildman–Crippen LogP) is 23.2. The van der Waals surface area contributed by atoms with Crippen LogP contribution in [0.4, 0.5) is 0 Å². The molecular weight excluding hydrogens is 1370 g/mol. The maximum atomic E-state index is 11.3. The number of carbonyl (C=O) groups is 6. The fourth-order valence-electron chi connectivity index (χ4n) is 9.86. The van der Waals surface area contributed by atoms with Crippen molar-refractivity contribution in [3.05, 3.63) is 73.9 Å². The van der Waals surface area contributed by atoms with Gasteiger partial charge in [-0.2, -0.15) is 0 Å². The third-order valence-corrected chi connectivity index (χ3v) is 16.4. The number of methoxy groups -OCH3 is 6. The lowest BCUT2D eigenvalue weighted by molar-refractivity contribution is -0.145. The Morgan fingerprint density at radius 3 is 0.611 bits per heavy atom. The number of hydrogen-bond donors (Lipinski definition) is 0. The van der Waals surface area contributed by atoms with Crippen molar-refractivity contribution in [3.63, 3.8) is 0 Å². The Hall–Kier alpha value is -4.98. The molecule has 0 aliphatic carbocycles. The van der Waals surface area contributed by atoms with Crippen molar-refractivity contribution in [2.24, 2.45) is 0 Å². The van der Waals surface area contributed by atoms with Crippen LogP contribution >= 0.6 is 0 Å². The first kappa shape index (κ1) is 114. The van der Waals surface area contributed by atoms with Crippen LogP contribution in [0.2, 0.25) is 0 Å². The minimum Gasteiger partial charge on any atom is -0.466 e. The van der Waals surface area contributed by atoms with E-state index in [1.807, 2.05) is 12.2 Å². The lowest BCUT2D eigenvalue weighted by Crippen LogP contribution is -2.09. The molecule has 0 aliphatic heterocycles. The standard InChI is InChI=1S/2C17H32O3.2C15H28O3.2C13H24O3/c2*1-3-4-5-6-7-8-9-10-11-12-13-14-17(18)20-16-15-19-2;2*1-3-4-5-6-7-8-9-12-15(16)18-14-11-10-13-17-2;2*1-3-4-5-6-7-8-9-10-13(14)16-12-11-15-2/h2*6-7H,3-5,8-16H2,1-2H3;2*4-5H,3,6-14H2,1-2H3;2*3H,1,4-12H2,2H3/b2*7-6+;2*5-4+;;. The Kier molecular flexibility index (Phi) is 117. The molecule has 0 amide bonds. The van der Waals surface area contributed by atoms with E-state index in [1.165, 1.54) is 128 Å². The number of rotatable bonds is 74. The summed E-state index contributed by atoms with van der Waals surface area (Å²) in [6, 6.07) is 0. The fourth-order valence-corrected chi connectivity index (χ4v) is 9.86. The molecular formula is C90H168O18. The Bertz CT molecular complexity index is 1820. The lowest BCUT2D eigenvalue weighted by atomic mass is 10.1. The summed E-state index contributed by atoms with van der Waals surface area (Å²) in [5.74, 6) is -0.527. The number of esters is 6. The van der Waals surface area contributed by atoms with E-state index in [4.69, 9.17) is 56.8 Å². The van der Waals surface area contributed by atoms with Crippen molar-refractivity contribution in [3.8, 4) is 0 Å². The summed E-state index contributed by atoms with van der Waals surface area (Å²) in [5, 5.41) is 0. The highest BCUT2D eigenvalue weighted by molar-refractivity contribution is 5.71. The van der Waals surface area contributed by atoms with Gasteiger partial charge in [0.15, 0.2) is 0 Å². The van der Waals surface area contributed by atoms with E-state index in [0.717, 1.165) is 167 Å². The maximum Gasteiger partial charge on any atom is 0.305 e. The van der Waals surface area contributed by atoms with E-state index in [0.29, 0.717) is 105 Å². The second kappa shape index (κ2) is 111. The van der Waals surface area contributed by atoms with Gasteiger partial charge in [-0.05, 0) is 167 Å². The molecule has 18 nitrogen and oxygen atoms in total. The Balaban J connectivity index is -0.000000290. The fraction of sp³-hybridized carbons (Fsp3) is 0.800. The second-order valence-corrected chi connectivity index (χ2v) is 26.7. The summed E-state index contributed by atoms with van der Waals surface area (Å²) in [6.07, 6.45) is 74.9. The van der Waals surface area contributed by atoms with Crippen LogP contribution in [0.15, 0.2) is 73.9 Å². The first-order valence-corrected chi connectivity index (χ1v) is 42.5. The van der Waals surface area contributed by atoms with Crippen LogP contribution in [0.1, 0.15) is 349 Å². The zero-order valence-electron chi connectivity index (χ0n) is 71.4. The van der Waals surface area contributed by atoms with Crippen LogP contribution in [0.5, 0.6) is 0 Å². The van der Waals surface area contributed by atoms with E-state index < -0.39 is 0 Å². The van der Waals surface area contributed by atoms with Gasteiger partial charge in [0.25, 0.3) is 0 Å². The van der Waals surface area contributed by atoms with Crippen LogP contribution in [0.25, 0.3) is 0 Å². The lowest BCUT2D eigenvalue weighted by Gasteiger charge is -2.04. The van der Waals surface area contributed by atoms with E-state index in [-0.39, 0.29) is 35.8 Å². The normalized spacial score (nSPS) is 10.8. The predicted molar refractivity (Wildman–Crippen MR) is 448 cm³/mol. The zero-order chi connectivity index (χ0) is 80.9. The number of hydrogen-bond acceptors (Lipinski definition) is 18. The van der Waals surface area contributed by atoms with Gasteiger partial charge in [0.2, 0.25) is 0 Å². The monoisotopic (exact) mass is 1540 g/mol. The van der Waals surface area contributed by atoms with E-state index in [2.05, 4.69) is 89.5 Å². The molecule has 0 saturated carbocycles. The van der Waals surface area contributed by atoms with Crippen molar-refractivity contribution < 1.29 is 85.6 Å². The van der Waals surface area contributed by atoms with E-state index in [9.17, 15) is 28.8 Å². The molecule has 0 radical (unpaired) electrons. The molecule has 0 N–H and O–H groups in total. The van der Waals surface area contributed by atoms with Crippen LogP contribution in [0, 0.1) is 0 Å². The Labute approximate surface area is 662 Å². The van der Waals surface area contributed by atoms with Gasteiger partial charge in [0.1, 0.15) is 26.4 Å². The van der Waals surface area contributed by atoms with Gasteiger partial charge in [-0.15, -0.1) is 13.2 Å². The van der Waals surface area contributed by atoms with Gasteiger partial charge in [0.05, 0.1) is 39.6 Å². The SMILES string of the molecule is C=CCCCCCCCC(=O)OCCOC.C=CCCCCCCCC(=O)OCCOC.CC/C=C/CCCCCC(=O)OCCCCOC.CC/C=C/CCCCCC(=O)OCCCCOC.CCCC/C=C/CCCCCCCC(=O)OCCOC.CCCC/C=C/CCCCCCCC(=O)OCCOC. The van der Waals surface area contributed by atoms with Crippen LogP contribution in [0.3, 0.4) is 0 Å². The minimum absolute atomic E-state index is 0.0588. The molecule has 0 rings (SSSR count). The first-order valence-electron chi connectivity index (χ1n) is 42.5. The third kappa shape index (κ3) is 122. The largest absolute Gasteiger partial charge is 0.466 e. The van der Waals surface area contributed by atoms with Gasteiger partial charge in [-0.25, -0.2) is 0 Å². The third-order valence-electron chi connectivity index (χ3n) is 16.4. The molecule has 0 unspecified atom stereocenters. The highest BCUT2D eigenvalue weighted by Crippen LogP contribution is 2.14. The van der Waals surface area contributed by atoms with Gasteiger partial charge in [0, 0.05) is 94.4 Å². The Morgan fingerprint density at radius 1 is 0.204 bits per heavy atom. The molecule has 0 aliphatic rings. The summed E-state index contributed by atoms with van der Waals surface area (Å²) in [5.41, 5.74) is 0. The molecule has 0 atom stereocenters. The smallest absolute Gasteiger partial charge is 0.305 e. The molecule has 0 aromatic carbocycles. The molecule has 0 aromatic rings. The summed E-state index contributed by atoms with van der Waals surface area (Å²) in [6.45, 7) is 22.0. The highest BCUT2D eigenvalue weighted by Gasteiger charge is 2.07. The van der Waals surface area contributed by atoms with Crippen molar-refractivity contribution in [2.75, 3.05) is 122 Å². The van der Waals surface area contributed by atoms with Crippen molar-refractivity contribution >= 4 is 35.8 Å². The molecule has 0 aromatic heterocycles. The topological polar surface area (TPSA) is 213 Å². The molecule has 0 spiro atoms. The average Bonchev–Trinajstić information content (AvgIpc) is 2.02. The molecule has 0 bridgehead atoms. The summed E-state index contributed by atoms with van der Waals surface area (Å²) < 4.78 is 59.2. The average molecular weight is 1540 g/mol. The summed E-state index contributed by atoms with van der Waals surface area (Å²) in [7, 11) is 9.76. The zero-order valence-corrected chi connectivity index (χ0v) is 71.4. The Morgan fingerprint density at radius 2 is 0.389 bits per heavy atom. The first-order chi connectivity index (χ1) is 52.8. The number of unbranched alkanes of at least 4 members (excludes halogenated alkanes) is 32. The second-order valence-electron chi connectivity index (χ2n) is 26.7. The number of allylic oxidation sites excluding steroid dienone is 10. The number of ether oxygens (including phenoxy) is 12. The molecule has 108 heavy (non-hydrogen) atoms. The van der Waals surface area contributed by atoms with E-state index >= 15 is 0 Å². The molecule has 636 valence electrons. The quantitative estimate of drug-likeness (QED) is 0.0240. The van der Waals surface area contributed by atoms with Crippen molar-refractivity contribution in [1.29, 1.82) is 0 Å². The molecule has 0 fully saturated rings. The molecule has 0 heterocycles. The molecule has 0 saturated heterocycles. The molecule has 18 heteroatoms. The van der Waals surface area contributed by atoms with Crippen molar-refractivity contribution in [1.82, 2.24) is 0 Å². The van der Waals surface area contributed by atoms with Crippen LogP contribution in [-0.2, 0) is 85.6 Å². The van der Waals surface area contributed by atoms with Gasteiger partial charge in [-0.3, -0.25) is 28.8 Å². The highest BCUT2D eigenvalue weighted by atomic mass is 16.6. The van der Waals surface area contributed by atoms with Crippen LogP contribution in [-0.4, -0.2) is 158 Å². The van der Waals surface area contributed by atoms with Crippen molar-refractivity contribution in [2.45, 2.75) is 349 Å². The van der Waals surface area contributed by atoms with Gasteiger partial charge < -0.3 is 56.8 Å². The van der Waals surface area contributed by atoms with Gasteiger partial charge in [-0.1, -0.05) is 204 Å². The minimum atomic E-state index is -0.108. The summed E-state index contributed by atoms with van der Waals surface area (Å²) in [4.78, 5) is 67.6. The van der Waals surface area contributed by atoms with Crippen LogP contribution < -0.4 is 0 Å². The van der Waals surface area contributed by atoms with E-state index in [1.54, 1.807) is 42.7 Å². The number of carbonyl (C=O) groups excluding carboxylic acids is 6. The summed E-state index contributed by atoms with van der Waals surface area (Å²) >= 11 is 0. The maximum absolute atomic E-state index is 11.3. The van der Waals surface area contributed by atoms with Gasteiger partial charge >= 0.3 is 35.8 Å².